The van der Waals surface area contributed by atoms with E-state index in [4.69, 9.17) is 21.1 Å². The molecule has 0 aliphatic carbocycles. The normalized spacial score (nSPS) is 16.7. The second-order valence-corrected chi connectivity index (χ2v) is 8.36. The van der Waals surface area contributed by atoms with Gasteiger partial charge in [-0.1, -0.05) is 11.6 Å². The minimum atomic E-state index is -3.87. The third-order valence-electron chi connectivity index (χ3n) is 4.21. The summed E-state index contributed by atoms with van der Waals surface area (Å²) in [6, 6.07) is 3.22. The molecule has 1 saturated heterocycles. The van der Waals surface area contributed by atoms with Crippen LogP contribution in [0.1, 0.15) is 13.3 Å². The number of methoxy groups -OCH3 is 1. The topological polar surface area (TPSA) is 97.0 Å². The summed E-state index contributed by atoms with van der Waals surface area (Å²) in [6.07, 6.45) is 0.791. The van der Waals surface area contributed by atoms with Crippen LogP contribution in [0.3, 0.4) is 0 Å². The SMILES string of the molecule is COc1ccc(S(=O)(=O)N[C@@H](C)C(=O)NCCCN2CCOCC2)cc1Cl. The molecule has 2 rings (SSSR count). The highest BCUT2D eigenvalue weighted by atomic mass is 35.5. The number of sulfonamides is 1. The molecule has 1 aromatic rings. The molecule has 1 atom stereocenters. The van der Waals surface area contributed by atoms with Gasteiger partial charge in [-0.15, -0.1) is 0 Å². The van der Waals surface area contributed by atoms with Crippen molar-refractivity contribution in [1.82, 2.24) is 14.9 Å². The van der Waals surface area contributed by atoms with E-state index in [9.17, 15) is 13.2 Å². The van der Waals surface area contributed by atoms with Gasteiger partial charge >= 0.3 is 0 Å². The van der Waals surface area contributed by atoms with Gasteiger partial charge in [-0.3, -0.25) is 9.69 Å². The zero-order valence-electron chi connectivity index (χ0n) is 15.5. The number of ether oxygens (including phenoxy) is 2. The van der Waals surface area contributed by atoms with Crippen LogP contribution < -0.4 is 14.8 Å². The molecule has 10 heteroatoms. The lowest BCUT2D eigenvalue weighted by atomic mass is 10.3. The fourth-order valence-corrected chi connectivity index (χ4v) is 4.21. The monoisotopic (exact) mass is 419 g/mol. The highest BCUT2D eigenvalue weighted by molar-refractivity contribution is 7.89. The van der Waals surface area contributed by atoms with Gasteiger partial charge in [-0.05, 0) is 38.1 Å². The second-order valence-electron chi connectivity index (χ2n) is 6.24. The first kappa shape index (κ1) is 21.9. The number of nitrogens with zero attached hydrogens (tertiary/aromatic N) is 1. The Balaban J connectivity index is 1.80. The summed E-state index contributed by atoms with van der Waals surface area (Å²) in [6.45, 7) is 6.12. The Morgan fingerprint density at radius 1 is 1.37 bits per heavy atom. The number of hydrogen-bond acceptors (Lipinski definition) is 6. The van der Waals surface area contributed by atoms with E-state index in [0.717, 1.165) is 39.3 Å². The smallest absolute Gasteiger partial charge is 0.241 e. The van der Waals surface area contributed by atoms with Crippen molar-refractivity contribution in [2.24, 2.45) is 0 Å². The molecule has 1 aliphatic heterocycles. The number of amides is 1. The Labute approximate surface area is 165 Å². The number of benzene rings is 1. The number of rotatable bonds is 9. The molecule has 0 radical (unpaired) electrons. The average molecular weight is 420 g/mol. The summed E-state index contributed by atoms with van der Waals surface area (Å²) in [5.41, 5.74) is 0. The lowest BCUT2D eigenvalue weighted by molar-refractivity contribution is -0.122. The van der Waals surface area contributed by atoms with Crippen LogP contribution >= 0.6 is 11.6 Å². The standard InChI is InChI=1S/C17H26ClN3O5S/c1-13(17(22)19-6-3-7-21-8-10-26-11-9-21)20-27(23,24)14-4-5-16(25-2)15(18)12-14/h4-5,12-13,20H,3,6-11H2,1-2H3,(H,19,22)/t13-/m0/s1. The zero-order valence-corrected chi connectivity index (χ0v) is 17.1. The molecule has 1 aromatic carbocycles. The van der Waals surface area contributed by atoms with E-state index in [1.165, 1.54) is 32.2 Å². The molecule has 0 spiro atoms. The fourth-order valence-electron chi connectivity index (χ4n) is 2.66. The number of carbonyl (C=O) groups excluding carboxylic acids is 1. The molecule has 0 saturated carbocycles. The van der Waals surface area contributed by atoms with Crippen molar-refractivity contribution in [1.29, 1.82) is 0 Å². The van der Waals surface area contributed by atoms with Gasteiger partial charge in [0.2, 0.25) is 15.9 Å². The van der Waals surface area contributed by atoms with Gasteiger partial charge in [0.05, 0.1) is 36.3 Å². The molecule has 152 valence electrons. The van der Waals surface area contributed by atoms with E-state index in [-0.39, 0.29) is 15.8 Å². The van der Waals surface area contributed by atoms with E-state index in [1.807, 2.05) is 0 Å². The molecule has 1 aliphatic rings. The van der Waals surface area contributed by atoms with Crippen molar-refractivity contribution in [3.05, 3.63) is 23.2 Å². The van der Waals surface area contributed by atoms with Gasteiger partial charge in [0.15, 0.2) is 0 Å². The van der Waals surface area contributed by atoms with E-state index in [2.05, 4.69) is 14.9 Å². The predicted octanol–water partition coefficient (Wildman–Crippen LogP) is 0.854. The van der Waals surface area contributed by atoms with E-state index in [0.29, 0.717) is 12.3 Å². The van der Waals surface area contributed by atoms with E-state index >= 15 is 0 Å². The van der Waals surface area contributed by atoms with Crippen LogP contribution in [0.25, 0.3) is 0 Å². The van der Waals surface area contributed by atoms with Gasteiger partial charge in [-0.2, -0.15) is 4.72 Å². The third kappa shape index (κ3) is 6.62. The molecule has 1 heterocycles. The average Bonchev–Trinajstić information content (AvgIpc) is 2.65. The van der Waals surface area contributed by atoms with Crippen LogP contribution in [-0.4, -0.2) is 71.8 Å². The first-order chi connectivity index (χ1) is 12.8. The number of nitrogens with one attached hydrogen (secondary N) is 2. The minimum absolute atomic E-state index is 0.0275. The van der Waals surface area contributed by atoms with Gasteiger partial charge < -0.3 is 14.8 Å². The van der Waals surface area contributed by atoms with Crippen molar-refractivity contribution < 1.29 is 22.7 Å². The minimum Gasteiger partial charge on any atom is -0.495 e. The van der Waals surface area contributed by atoms with Crippen LogP contribution in [0.4, 0.5) is 0 Å². The van der Waals surface area contributed by atoms with Gasteiger partial charge in [0, 0.05) is 19.6 Å². The Kier molecular flexibility index (Phi) is 8.30. The summed E-state index contributed by atoms with van der Waals surface area (Å²) in [5.74, 6) is 0.00170. The maximum Gasteiger partial charge on any atom is 0.241 e. The first-order valence-corrected chi connectivity index (χ1v) is 10.6. The highest BCUT2D eigenvalue weighted by Gasteiger charge is 2.22. The van der Waals surface area contributed by atoms with Gasteiger partial charge in [-0.25, -0.2) is 8.42 Å². The van der Waals surface area contributed by atoms with Crippen molar-refractivity contribution in [3.8, 4) is 5.75 Å². The molecular formula is C17H26ClN3O5S. The fraction of sp³-hybridized carbons (Fsp3) is 0.588. The highest BCUT2D eigenvalue weighted by Crippen LogP contribution is 2.26. The van der Waals surface area contributed by atoms with Crippen molar-refractivity contribution in [3.63, 3.8) is 0 Å². The first-order valence-electron chi connectivity index (χ1n) is 8.77. The van der Waals surface area contributed by atoms with Crippen molar-refractivity contribution in [2.45, 2.75) is 24.3 Å². The molecule has 0 aromatic heterocycles. The largest absolute Gasteiger partial charge is 0.495 e. The van der Waals surface area contributed by atoms with Crippen molar-refractivity contribution >= 4 is 27.5 Å². The van der Waals surface area contributed by atoms with E-state index in [1.54, 1.807) is 0 Å². The Hall–Kier alpha value is -1.39. The predicted molar refractivity (Wildman–Crippen MR) is 103 cm³/mol. The number of carbonyl (C=O) groups is 1. The number of hydrogen-bond donors (Lipinski definition) is 2. The third-order valence-corrected chi connectivity index (χ3v) is 6.05. The number of halogens is 1. The summed E-state index contributed by atoms with van der Waals surface area (Å²) in [5, 5.41) is 2.94. The van der Waals surface area contributed by atoms with Crippen LogP contribution in [0.15, 0.2) is 23.1 Å². The number of morpholine rings is 1. The molecule has 1 amide bonds. The zero-order chi connectivity index (χ0) is 19.9. The molecule has 2 N–H and O–H groups in total. The van der Waals surface area contributed by atoms with Crippen LogP contribution in [0.2, 0.25) is 5.02 Å². The molecular weight excluding hydrogens is 394 g/mol. The maximum atomic E-state index is 12.4. The van der Waals surface area contributed by atoms with Crippen LogP contribution in [0.5, 0.6) is 5.75 Å². The van der Waals surface area contributed by atoms with Gasteiger partial charge in [0.1, 0.15) is 5.75 Å². The molecule has 8 nitrogen and oxygen atoms in total. The quantitative estimate of drug-likeness (QED) is 0.576. The van der Waals surface area contributed by atoms with E-state index < -0.39 is 16.1 Å². The summed E-state index contributed by atoms with van der Waals surface area (Å²) >= 11 is 5.97. The Bertz CT molecular complexity index is 738. The van der Waals surface area contributed by atoms with Gasteiger partial charge in [0.25, 0.3) is 0 Å². The summed E-state index contributed by atoms with van der Waals surface area (Å²) < 4.78 is 37.5. The molecule has 0 bridgehead atoms. The Morgan fingerprint density at radius 2 is 2.07 bits per heavy atom. The van der Waals surface area contributed by atoms with Crippen molar-refractivity contribution in [2.75, 3.05) is 46.5 Å². The molecule has 0 unspecified atom stereocenters. The summed E-state index contributed by atoms with van der Waals surface area (Å²) in [7, 11) is -2.43. The van der Waals surface area contributed by atoms with Crippen LogP contribution in [-0.2, 0) is 19.6 Å². The maximum absolute atomic E-state index is 12.4. The Morgan fingerprint density at radius 3 is 2.70 bits per heavy atom. The summed E-state index contributed by atoms with van der Waals surface area (Å²) in [4.78, 5) is 14.4. The second kappa shape index (κ2) is 10.2. The molecule has 1 fully saturated rings. The lowest BCUT2D eigenvalue weighted by Gasteiger charge is -2.26. The lowest BCUT2D eigenvalue weighted by Crippen LogP contribution is -2.45. The van der Waals surface area contributed by atoms with Crippen LogP contribution in [0, 0.1) is 0 Å². The molecule has 27 heavy (non-hydrogen) atoms.